The van der Waals surface area contributed by atoms with Gasteiger partial charge in [-0.25, -0.2) is 4.98 Å². The summed E-state index contributed by atoms with van der Waals surface area (Å²) >= 11 is 0. The highest BCUT2D eigenvalue weighted by atomic mass is 16.5. The number of hydrogen-bond acceptors (Lipinski definition) is 7. The lowest BCUT2D eigenvalue weighted by atomic mass is 9.97. The van der Waals surface area contributed by atoms with Crippen molar-refractivity contribution < 1.29 is 14.3 Å². The Morgan fingerprint density at radius 1 is 0.712 bits per heavy atom. The van der Waals surface area contributed by atoms with Crippen LogP contribution in [0.2, 0.25) is 0 Å². The van der Waals surface area contributed by atoms with Crippen LogP contribution >= 0.6 is 0 Å². The van der Waals surface area contributed by atoms with E-state index in [1.807, 2.05) is 116 Å². The zero-order valence-corrected chi connectivity index (χ0v) is 34.6. The topological polar surface area (TPSA) is 97.4 Å². The van der Waals surface area contributed by atoms with Crippen molar-refractivity contribution >= 4 is 23.1 Å². The van der Waals surface area contributed by atoms with E-state index < -0.39 is 0 Å². The molecule has 0 saturated carbocycles. The number of carbonyl (C=O) groups is 2. The molecule has 4 atom stereocenters. The number of nitrogens with zero attached hydrogens (tertiary/aromatic N) is 6. The van der Waals surface area contributed by atoms with Gasteiger partial charge in [0.25, 0.3) is 0 Å². The van der Waals surface area contributed by atoms with Gasteiger partial charge in [-0.05, 0) is 98.9 Å². The maximum absolute atomic E-state index is 14.0. The minimum atomic E-state index is -0.340. The fraction of sp³-hybridized carbons (Fsp3) is 0.347. The second-order valence-electron chi connectivity index (χ2n) is 16.5. The highest BCUT2D eigenvalue weighted by Gasteiger charge is 2.39. The van der Waals surface area contributed by atoms with Crippen molar-refractivity contribution in [1.82, 2.24) is 29.6 Å². The van der Waals surface area contributed by atoms with Crippen molar-refractivity contribution in [3.8, 4) is 11.3 Å². The summed E-state index contributed by atoms with van der Waals surface area (Å²) in [6, 6.07) is 36.2. The standard InChI is InChI=1S/C49H55N7O3/c1-53(2)45(37-15-7-5-8-16-37)48(57)55-26-12-20-43(55)41-29-40(30-50-41)39-19-11-14-35(28-39)33-59-32-34-22-24-36(25-23-34)42-31-51-47(52-42)44-21-13-27-56(44)49(58)46(54(3)4)38-17-9-6-10-18-38/h5-11,14-19,22-25,28,30-31,43-46H,12-13,20-21,26-27,29,32-33H2,1-4H3,(H,51,52)/t43-,44-,45+,46+/m0/s1. The first-order valence-electron chi connectivity index (χ1n) is 20.9. The lowest BCUT2D eigenvalue weighted by molar-refractivity contribution is -0.137. The third-order valence-electron chi connectivity index (χ3n) is 12.0. The van der Waals surface area contributed by atoms with Crippen LogP contribution in [0.4, 0.5) is 0 Å². The first-order chi connectivity index (χ1) is 28.7. The van der Waals surface area contributed by atoms with Crippen LogP contribution in [0.25, 0.3) is 16.8 Å². The van der Waals surface area contributed by atoms with Gasteiger partial charge in [0.15, 0.2) is 0 Å². The van der Waals surface area contributed by atoms with Crippen LogP contribution in [0.5, 0.6) is 0 Å². The molecule has 2 amide bonds. The minimum absolute atomic E-state index is 0.0188. The minimum Gasteiger partial charge on any atom is -0.372 e. The van der Waals surface area contributed by atoms with Crippen LogP contribution in [-0.2, 0) is 27.5 Å². The Morgan fingerprint density at radius 2 is 1.31 bits per heavy atom. The molecule has 2 fully saturated rings. The highest BCUT2D eigenvalue weighted by Crippen LogP contribution is 2.36. The van der Waals surface area contributed by atoms with Crippen molar-refractivity contribution in [3.05, 3.63) is 155 Å². The zero-order valence-electron chi connectivity index (χ0n) is 34.6. The molecule has 0 spiro atoms. The number of aromatic amines is 1. The zero-order chi connectivity index (χ0) is 40.9. The number of amides is 2. The first-order valence-corrected chi connectivity index (χ1v) is 20.9. The lowest BCUT2D eigenvalue weighted by Crippen LogP contribution is -2.45. The monoisotopic (exact) mass is 789 g/mol. The number of likely N-dealkylation sites (N-methyl/N-ethyl adjacent to an activating group) is 2. The van der Waals surface area contributed by atoms with Crippen LogP contribution in [0.1, 0.15) is 83.9 Å². The Bertz CT molecular complexity index is 2280. The molecule has 0 aliphatic carbocycles. The molecule has 3 aliphatic rings. The number of H-pyrrole nitrogens is 1. The Morgan fingerprint density at radius 3 is 1.93 bits per heavy atom. The molecule has 59 heavy (non-hydrogen) atoms. The number of nitrogens with one attached hydrogen (secondary N) is 1. The summed E-state index contributed by atoms with van der Waals surface area (Å²) in [5.74, 6) is 1.08. The van der Waals surface area contributed by atoms with Crippen molar-refractivity contribution in [2.75, 3.05) is 41.3 Å². The van der Waals surface area contributed by atoms with Gasteiger partial charge in [0.05, 0.1) is 37.2 Å². The summed E-state index contributed by atoms with van der Waals surface area (Å²) in [7, 11) is 7.87. The van der Waals surface area contributed by atoms with Gasteiger partial charge in [-0.15, -0.1) is 0 Å². The molecule has 10 nitrogen and oxygen atoms in total. The third-order valence-corrected chi connectivity index (χ3v) is 12.0. The molecule has 0 unspecified atom stereocenters. The summed E-state index contributed by atoms with van der Waals surface area (Å²) in [6.07, 6.45) is 8.35. The predicted octanol–water partition coefficient (Wildman–Crippen LogP) is 8.24. The van der Waals surface area contributed by atoms with Crippen LogP contribution in [0, 0.1) is 0 Å². The third kappa shape index (κ3) is 8.85. The van der Waals surface area contributed by atoms with Gasteiger partial charge in [-0.3, -0.25) is 24.4 Å². The molecule has 1 N–H and O–H groups in total. The Kier molecular flexibility index (Phi) is 12.3. The molecule has 304 valence electrons. The molecule has 3 aliphatic heterocycles. The molecular formula is C49H55N7O3. The predicted molar refractivity (Wildman–Crippen MR) is 233 cm³/mol. The Labute approximate surface area is 348 Å². The fourth-order valence-electron chi connectivity index (χ4n) is 9.01. The van der Waals surface area contributed by atoms with Gasteiger partial charge in [-0.1, -0.05) is 103 Å². The van der Waals surface area contributed by atoms with Crippen molar-refractivity contribution in [3.63, 3.8) is 0 Å². The Hall–Kier alpha value is -5.68. The van der Waals surface area contributed by atoms with Crippen LogP contribution in [0.15, 0.2) is 127 Å². The molecule has 2 saturated heterocycles. The van der Waals surface area contributed by atoms with E-state index in [0.717, 1.165) is 95.8 Å². The van der Waals surface area contributed by atoms with E-state index in [1.54, 1.807) is 0 Å². The number of carbonyl (C=O) groups excluding carboxylic acids is 2. The number of benzene rings is 4. The van der Waals surface area contributed by atoms with Crippen LogP contribution in [-0.4, -0.2) is 94.4 Å². The molecule has 0 bridgehead atoms. The SMILES string of the molecule is CN(C)[C@@H](C(=O)N1CCC[C@H]1C1=NC=C(c2cccc(COCc3ccc(-c4cnc([C@@H]5CCCN5C(=O)[C@@H](c5ccccc5)N(C)C)[nH]4)cc3)c2)C1)c1ccccc1. The molecular weight excluding hydrogens is 735 g/mol. The molecule has 8 rings (SSSR count). The number of aromatic nitrogens is 2. The van der Waals surface area contributed by atoms with Gasteiger partial charge in [-0.2, -0.15) is 0 Å². The van der Waals surface area contributed by atoms with E-state index >= 15 is 0 Å². The summed E-state index contributed by atoms with van der Waals surface area (Å²) in [4.78, 5) is 49.1. The number of allylic oxidation sites excluding steroid dienone is 1. The van der Waals surface area contributed by atoms with Gasteiger partial charge in [0.1, 0.15) is 17.9 Å². The highest BCUT2D eigenvalue weighted by molar-refractivity contribution is 6.03. The summed E-state index contributed by atoms with van der Waals surface area (Å²) in [5, 5.41) is 0. The van der Waals surface area contributed by atoms with E-state index in [9.17, 15) is 9.59 Å². The smallest absolute Gasteiger partial charge is 0.245 e. The first kappa shape index (κ1) is 40.1. The maximum atomic E-state index is 14.0. The average Bonchev–Trinajstić information content (AvgIpc) is 4.09. The second kappa shape index (κ2) is 18.1. The van der Waals surface area contributed by atoms with E-state index in [-0.39, 0.29) is 36.0 Å². The van der Waals surface area contributed by atoms with E-state index in [4.69, 9.17) is 14.7 Å². The van der Waals surface area contributed by atoms with Gasteiger partial charge < -0.3 is 19.5 Å². The molecule has 4 aromatic carbocycles. The van der Waals surface area contributed by atoms with Crippen molar-refractivity contribution in [2.45, 2.75) is 69.5 Å². The molecule has 0 radical (unpaired) electrons. The number of ether oxygens (including phenoxy) is 1. The summed E-state index contributed by atoms with van der Waals surface area (Å²) in [6.45, 7) is 2.46. The van der Waals surface area contributed by atoms with Gasteiger partial charge in [0, 0.05) is 31.4 Å². The second-order valence-corrected chi connectivity index (χ2v) is 16.5. The van der Waals surface area contributed by atoms with Gasteiger partial charge >= 0.3 is 0 Å². The number of likely N-dealkylation sites (tertiary alicyclic amines) is 2. The van der Waals surface area contributed by atoms with E-state index in [0.29, 0.717) is 13.2 Å². The number of aliphatic imine (C=N–C) groups is 1. The van der Waals surface area contributed by atoms with E-state index in [2.05, 4.69) is 58.4 Å². The van der Waals surface area contributed by atoms with Crippen molar-refractivity contribution in [1.29, 1.82) is 0 Å². The lowest BCUT2D eigenvalue weighted by Gasteiger charge is -2.32. The van der Waals surface area contributed by atoms with Crippen LogP contribution < -0.4 is 0 Å². The van der Waals surface area contributed by atoms with Gasteiger partial charge in [0.2, 0.25) is 11.8 Å². The quantitative estimate of drug-likeness (QED) is 0.122. The Balaban J connectivity index is 0.842. The molecule has 5 aromatic rings. The normalized spacial score (nSPS) is 19.0. The average molecular weight is 790 g/mol. The van der Waals surface area contributed by atoms with Crippen molar-refractivity contribution in [2.24, 2.45) is 4.99 Å². The molecule has 10 heteroatoms. The number of rotatable bonds is 14. The van der Waals surface area contributed by atoms with Crippen LogP contribution in [0.3, 0.4) is 0 Å². The number of hydrogen-bond donors (Lipinski definition) is 1. The summed E-state index contributed by atoms with van der Waals surface area (Å²) in [5.41, 5.74) is 9.55. The summed E-state index contributed by atoms with van der Waals surface area (Å²) < 4.78 is 6.21. The largest absolute Gasteiger partial charge is 0.372 e. The number of imidazole rings is 1. The van der Waals surface area contributed by atoms with E-state index in [1.165, 1.54) is 5.57 Å². The molecule has 1 aromatic heterocycles. The molecule has 4 heterocycles. The maximum Gasteiger partial charge on any atom is 0.245 e. The fourth-order valence-corrected chi connectivity index (χ4v) is 9.01.